The van der Waals surface area contributed by atoms with E-state index in [1.165, 1.54) is 0 Å². The first kappa shape index (κ1) is 15.6. The van der Waals surface area contributed by atoms with Crippen LogP contribution in [0.3, 0.4) is 0 Å². The molecule has 0 radical (unpaired) electrons. The van der Waals surface area contributed by atoms with Gasteiger partial charge in [0.1, 0.15) is 5.75 Å². The van der Waals surface area contributed by atoms with Crippen LogP contribution in [0.5, 0.6) is 5.75 Å². The first-order chi connectivity index (χ1) is 10.1. The smallest absolute Gasteiger partial charge is 0.488 e. The topological polar surface area (TPSA) is 49.7 Å². The van der Waals surface area contributed by atoms with Gasteiger partial charge in [0.15, 0.2) is 0 Å². The maximum absolute atomic E-state index is 9.09. The van der Waals surface area contributed by atoms with Crippen LogP contribution in [0.25, 0.3) is 11.1 Å². The second-order valence-corrected chi connectivity index (χ2v) is 5.08. The van der Waals surface area contributed by atoms with Crippen molar-refractivity contribution in [3.8, 4) is 16.9 Å². The molecule has 0 fully saturated rings. The minimum atomic E-state index is -1.42. The van der Waals surface area contributed by atoms with Gasteiger partial charge in [-0.2, -0.15) is 0 Å². The average Bonchev–Trinajstić information content (AvgIpc) is 2.53. The normalized spacial score (nSPS) is 10.7. The zero-order valence-electron chi connectivity index (χ0n) is 12.5. The summed E-state index contributed by atoms with van der Waals surface area (Å²) in [6.07, 6.45) is 2.27. The van der Waals surface area contributed by atoms with Crippen LogP contribution in [0.1, 0.15) is 26.7 Å². The van der Waals surface area contributed by atoms with Crippen LogP contribution in [-0.2, 0) is 0 Å². The lowest BCUT2D eigenvalue weighted by atomic mass is 9.80. The van der Waals surface area contributed by atoms with Crippen molar-refractivity contribution < 1.29 is 14.8 Å². The summed E-state index contributed by atoms with van der Waals surface area (Å²) in [5, 5.41) is 18.2. The maximum Gasteiger partial charge on any atom is 0.488 e. The van der Waals surface area contributed by atoms with Crippen molar-refractivity contribution in [2.24, 2.45) is 0 Å². The number of rotatable bonds is 6. The SMILES string of the molecule is CCC(CC)Oc1ccc(-c2ccc(B(O)O)cc2)cc1. The van der Waals surface area contributed by atoms with Gasteiger partial charge in [0.25, 0.3) is 0 Å². The Morgan fingerprint density at radius 3 is 1.76 bits per heavy atom. The minimum absolute atomic E-state index is 0.265. The van der Waals surface area contributed by atoms with Gasteiger partial charge in [0.2, 0.25) is 0 Å². The highest BCUT2D eigenvalue weighted by Gasteiger charge is 2.10. The second-order valence-electron chi connectivity index (χ2n) is 5.08. The van der Waals surface area contributed by atoms with Gasteiger partial charge in [-0.05, 0) is 41.6 Å². The Hall–Kier alpha value is -1.78. The third-order valence-electron chi connectivity index (χ3n) is 3.61. The van der Waals surface area contributed by atoms with Crippen LogP contribution in [0.4, 0.5) is 0 Å². The van der Waals surface area contributed by atoms with Gasteiger partial charge in [-0.1, -0.05) is 50.2 Å². The highest BCUT2D eigenvalue weighted by atomic mass is 16.5. The highest BCUT2D eigenvalue weighted by molar-refractivity contribution is 6.58. The summed E-state index contributed by atoms with van der Waals surface area (Å²) in [6.45, 7) is 4.25. The van der Waals surface area contributed by atoms with Gasteiger partial charge in [0, 0.05) is 0 Å². The molecule has 0 atom stereocenters. The van der Waals surface area contributed by atoms with Crippen LogP contribution in [0.2, 0.25) is 0 Å². The Bertz CT molecular complexity index is 545. The molecule has 0 unspecified atom stereocenters. The summed E-state index contributed by atoms with van der Waals surface area (Å²) in [5.74, 6) is 0.884. The van der Waals surface area contributed by atoms with Crippen molar-refractivity contribution >= 4 is 12.6 Å². The summed E-state index contributed by atoms with van der Waals surface area (Å²) in [7, 11) is -1.42. The third kappa shape index (κ3) is 4.10. The third-order valence-corrected chi connectivity index (χ3v) is 3.61. The fourth-order valence-electron chi connectivity index (χ4n) is 2.22. The van der Waals surface area contributed by atoms with Crippen LogP contribution in [-0.4, -0.2) is 23.3 Å². The van der Waals surface area contributed by atoms with Crippen molar-refractivity contribution in [1.82, 2.24) is 0 Å². The van der Waals surface area contributed by atoms with Crippen molar-refractivity contribution in [3.63, 3.8) is 0 Å². The molecule has 2 N–H and O–H groups in total. The van der Waals surface area contributed by atoms with E-state index in [0.717, 1.165) is 29.7 Å². The van der Waals surface area contributed by atoms with Gasteiger partial charge in [-0.15, -0.1) is 0 Å². The van der Waals surface area contributed by atoms with E-state index in [0.29, 0.717) is 5.46 Å². The molecule has 0 spiro atoms. The first-order valence-corrected chi connectivity index (χ1v) is 7.37. The fourth-order valence-corrected chi connectivity index (χ4v) is 2.22. The Morgan fingerprint density at radius 2 is 1.33 bits per heavy atom. The molecule has 110 valence electrons. The number of hydrogen-bond acceptors (Lipinski definition) is 3. The van der Waals surface area contributed by atoms with Crippen LogP contribution in [0.15, 0.2) is 48.5 Å². The van der Waals surface area contributed by atoms with E-state index in [1.807, 2.05) is 36.4 Å². The van der Waals surface area contributed by atoms with Gasteiger partial charge in [0.05, 0.1) is 6.10 Å². The quantitative estimate of drug-likeness (QED) is 0.802. The molecular weight excluding hydrogens is 263 g/mol. The fraction of sp³-hybridized carbons (Fsp3) is 0.294. The zero-order chi connectivity index (χ0) is 15.2. The van der Waals surface area contributed by atoms with Crippen molar-refractivity contribution in [1.29, 1.82) is 0 Å². The van der Waals surface area contributed by atoms with Gasteiger partial charge < -0.3 is 14.8 Å². The minimum Gasteiger partial charge on any atom is -0.490 e. The first-order valence-electron chi connectivity index (χ1n) is 7.37. The lowest BCUT2D eigenvalue weighted by Crippen LogP contribution is -2.29. The predicted octanol–water partition coefficient (Wildman–Crippen LogP) is 2.60. The lowest BCUT2D eigenvalue weighted by molar-refractivity contribution is 0.193. The molecule has 4 heteroatoms. The molecule has 3 nitrogen and oxygen atoms in total. The molecule has 0 aliphatic rings. The summed E-state index contributed by atoms with van der Waals surface area (Å²) in [5.41, 5.74) is 2.60. The Balaban J connectivity index is 2.11. The Labute approximate surface area is 126 Å². The monoisotopic (exact) mass is 284 g/mol. The number of ether oxygens (including phenoxy) is 1. The Kier molecular flexibility index (Phi) is 5.42. The average molecular weight is 284 g/mol. The molecule has 0 aromatic heterocycles. The van der Waals surface area contributed by atoms with Crippen molar-refractivity contribution in [3.05, 3.63) is 48.5 Å². The molecule has 21 heavy (non-hydrogen) atoms. The molecular formula is C17H21BO3. The van der Waals surface area contributed by atoms with Gasteiger partial charge in [-0.3, -0.25) is 0 Å². The van der Waals surface area contributed by atoms with E-state index in [4.69, 9.17) is 14.8 Å². The molecule has 2 rings (SSSR count). The van der Waals surface area contributed by atoms with E-state index in [1.54, 1.807) is 12.1 Å². The second kappa shape index (κ2) is 7.30. The predicted molar refractivity (Wildman–Crippen MR) is 86.7 cm³/mol. The summed E-state index contributed by atoms with van der Waals surface area (Å²) in [4.78, 5) is 0. The van der Waals surface area contributed by atoms with E-state index in [2.05, 4.69) is 13.8 Å². The summed E-state index contributed by atoms with van der Waals surface area (Å²) in [6, 6.07) is 15.2. The maximum atomic E-state index is 9.09. The largest absolute Gasteiger partial charge is 0.490 e. The van der Waals surface area contributed by atoms with Crippen LogP contribution >= 0.6 is 0 Å². The van der Waals surface area contributed by atoms with Crippen LogP contribution in [0, 0.1) is 0 Å². The standard InChI is InChI=1S/C17H21BO3/c1-3-16(4-2)21-17-11-7-14(8-12-17)13-5-9-15(10-6-13)18(19)20/h5-12,16,19-20H,3-4H2,1-2H3. The lowest BCUT2D eigenvalue weighted by Gasteiger charge is -2.15. The van der Waals surface area contributed by atoms with E-state index < -0.39 is 7.12 Å². The summed E-state index contributed by atoms with van der Waals surface area (Å²) < 4.78 is 5.89. The van der Waals surface area contributed by atoms with Crippen LogP contribution < -0.4 is 10.2 Å². The molecule has 2 aromatic rings. The Morgan fingerprint density at radius 1 is 0.857 bits per heavy atom. The molecule has 0 bridgehead atoms. The van der Waals surface area contributed by atoms with Crippen molar-refractivity contribution in [2.75, 3.05) is 0 Å². The molecule has 2 aromatic carbocycles. The molecule has 0 saturated carbocycles. The van der Waals surface area contributed by atoms with Gasteiger partial charge >= 0.3 is 7.12 Å². The van der Waals surface area contributed by atoms with E-state index >= 15 is 0 Å². The van der Waals surface area contributed by atoms with Crippen molar-refractivity contribution in [2.45, 2.75) is 32.8 Å². The molecule has 0 aliphatic carbocycles. The molecule has 0 amide bonds. The number of hydrogen-bond donors (Lipinski definition) is 2. The number of benzene rings is 2. The van der Waals surface area contributed by atoms with E-state index in [9.17, 15) is 0 Å². The summed E-state index contributed by atoms with van der Waals surface area (Å²) >= 11 is 0. The molecule has 0 saturated heterocycles. The highest BCUT2D eigenvalue weighted by Crippen LogP contribution is 2.23. The molecule has 0 aliphatic heterocycles. The van der Waals surface area contributed by atoms with E-state index in [-0.39, 0.29) is 6.10 Å². The zero-order valence-corrected chi connectivity index (χ0v) is 12.5. The molecule has 0 heterocycles. The van der Waals surface area contributed by atoms with Gasteiger partial charge in [-0.25, -0.2) is 0 Å².